The van der Waals surface area contributed by atoms with E-state index in [2.05, 4.69) is 30.9 Å². The molecule has 3 rings (SSSR count). The molecule has 0 amide bonds. The lowest BCUT2D eigenvalue weighted by molar-refractivity contribution is 0.0824. The van der Waals surface area contributed by atoms with E-state index in [9.17, 15) is 4.79 Å². The van der Waals surface area contributed by atoms with Crippen molar-refractivity contribution in [3.8, 4) is 0 Å². The van der Waals surface area contributed by atoms with E-state index < -0.39 is 0 Å². The summed E-state index contributed by atoms with van der Waals surface area (Å²) in [6.45, 7) is 6.49. The number of aryl methyl sites for hydroxylation is 1. The highest BCUT2D eigenvalue weighted by atomic mass is 16.1. The van der Waals surface area contributed by atoms with Crippen molar-refractivity contribution in [2.45, 2.75) is 52.0 Å². The van der Waals surface area contributed by atoms with Crippen molar-refractivity contribution in [3.63, 3.8) is 0 Å². The summed E-state index contributed by atoms with van der Waals surface area (Å²) in [7, 11) is 0. The molecule has 2 heteroatoms. The molecule has 1 aromatic carbocycles. The van der Waals surface area contributed by atoms with Crippen LogP contribution in [-0.2, 0) is 6.42 Å². The fourth-order valence-electron chi connectivity index (χ4n) is 2.97. The molecular weight excluding hydrogens is 258 g/mol. The first-order chi connectivity index (χ1) is 10.2. The van der Waals surface area contributed by atoms with Gasteiger partial charge in [-0.3, -0.25) is 9.69 Å². The summed E-state index contributed by atoms with van der Waals surface area (Å²) in [6.07, 6.45) is 6.45. The first kappa shape index (κ1) is 14.8. The summed E-state index contributed by atoms with van der Waals surface area (Å²) < 4.78 is 0. The predicted molar refractivity (Wildman–Crippen MR) is 86.6 cm³/mol. The maximum Gasteiger partial charge on any atom is 0.179 e. The number of ketones is 1. The maximum absolute atomic E-state index is 12.7. The Kier molecular flexibility index (Phi) is 4.44. The molecule has 2 saturated carbocycles. The van der Waals surface area contributed by atoms with Crippen LogP contribution in [0.15, 0.2) is 24.3 Å². The zero-order valence-corrected chi connectivity index (χ0v) is 13.3. The molecule has 2 aliphatic carbocycles. The van der Waals surface area contributed by atoms with E-state index in [4.69, 9.17) is 0 Å². The molecule has 1 unspecified atom stereocenters. The standard InChI is InChI=1S/C19H27NO/c1-3-15-8-10-18(11-9-15)19(21)14(2)20(12-16-4-5-16)13-17-6-7-17/h8-11,14,16-17H,3-7,12-13H2,1-2H3. The third-order valence-corrected chi connectivity index (χ3v) is 4.95. The average molecular weight is 285 g/mol. The highest BCUT2D eigenvalue weighted by Crippen LogP contribution is 2.34. The Hall–Kier alpha value is -1.15. The molecule has 21 heavy (non-hydrogen) atoms. The third kappa shape index (κ3) is 3.94. The van der Waals surface area contributed by atoms with E-state index in [-0.39, 0.29) is 6.04 Å². The highest BCUT2D eigenvalue weighted by molar-refractivity contribution is 5.99. The van der Waals surface area contributed by atoms with Crippen LogP contribution in [0, 0.1) is 11.8 Å². The summed E-state index contributed by atoms with van der Waals surface area (Å²) in [5.74, 6) is 1.99. The van der Waals surface area contributed by atoms with Gasteiger partial charge in [-0.15, -0.1) is 0 Å². The summed E-state index contributed by atoms with van der Waals surface area (Å²) in [5.41, 5.74) is 2.17. The van der Waals surface area contributed by atoms with Crippen LogP contribution in [0.1, 0.15) is 55.5 Å². The SMILES string of the molecule is CCc1ccc(C(=O)C(C)N(CC2CC2)CC2CC2)cc1. The molecule has 0 radical (unpaired) electrons. The number of nitrogens with zero attached hydrogens (tertiary/aromatic N) is 1. The smallest absolute Gasteiger partial charge is 0.179 e. The molecule has 2 fully saturated rings. The maximum atomic E-state index is 12.7. The van der Waals surface area contributed by atoms with Crippen LogP contribution >= 0.6 is 0 Å². The molecule has 1 atom stereocenters. The van der Waals surface area contributed by atoms with Crippen molar-refractivity contribution in [3.05, 3.63) is 35.4 Å². The van der Waals surface area contributed by atoms with Gasteiger partial charge in [0.15, 0.2) is 5.78 Å². The van der Waals surface area contributed by atoms with Gasteiger partial charge < -0.3 is 0 Å². The lowest BCUT2D eigenvalue weighted by Crippen LogP contribution is -2.41. The Bertz CT molecular complexity index is 471. The van der Waals surface area contributed by atoms with Gasteiger partial charge >= 0.3 is 0 Å². The first-order valence-electron chi connectivity index (χ1n) is 8.54. The molecule has 0 bridgehead atoms. The number of benzene rings is 1. The Labute approximate surface area is 128 Å². The number of carbonyl (C=O) groups excluding carboxylic acids is 1. The van der Waals surface area contributed by atoms with E-state index in [0.717, 1.165) is 36.9 Å². The first-order valence-corrected chi connectivity index (χ1v) is 8.54. The van der Waals surface area contributed by atoms with Crippen molar-refractivity contribution >= 4 is 5.78 Å². The normalized spacial score (nSPS) is 19.8. The molecule has 114 valence electrons. The van der Waals surface area contributed by atoms with Crippen molar-refractivity contribution in [1.82, 2.24) is 4.90 Å². The summed E-state index contributed by atoms with van der Waals surface area (Å²) in [4.78, 5) is 15.2. The second-order valence-corrected chi connectivity index (χ2v) is 6.93. The Morgan fingerprint density at radius 3 is 2.05 bits per heavy atom. The monoisotopic (exact) mass is 285 g/mol. The van der Waals surface area contributed by atoms with E-state index in [1.54, 1.807) is 0 Å². The lowest BCUT2D eigenvalue weighted by atomic mass is 10.0. The fourth-order valence-corrected chi connectivity index (χ4v) is 2.97. The molecule has 1 aromatic rings. The fraction of sp³-hybridized carbons (Fsp3) is 0.632. The van der Waals surface area contributed by atoms with Crippen molar-refractivity contribution in [2.24, 2.45) is 11.8 Å². The van der Waals surface area contributed by atoms with Gasteiger partial charge in [0.05, 0.1) is 6.04 Å². The van der Waals surface area contributed by atoms with Crippen molar-refractivity contribution < 1.29 is 4.79 Å². The van der Waals surface area contributed by atoms with Crippen LogP contribution in [-0.4, -0.2) is 29.8 Å². The van der Waals surface area contributed by atoms with E-state index in [1.165, 1.54) is 31.2 Å². The Balaban J connectivity index is 1.66. The van der Waals surface area contributed by atoms with Gasteiger partial charge in [-0.25, -0.2) is 0 Å². The van der Waals surface area contributed by atoms with Crippen molar-refractivity contribution in [2.75, 3.05) is 13.1 Å². The van der Waals surface area contributed by atoms with Gasteiger partial charge in [-0.1, -0.05) is 31.2 Å². The number of hydrogen-bond acceptors (Lipinski definition) is 2. The van der Waals surface area contributed by atoms with Crippen LogP contribution < -0.4 is 0 Å². The summed E-state index contributed by atoms with van der Waals surface area (Å²) in [6, 6.07) is 8.21. The number of Topliss-reactive ketones (excluding diaryl/α,β-unsaturated/α-hetero) is 1. The zero-order chi connectivity index (χ0) is 14.8. The average Bonchev–Trinajstić information content (AvgIpc) is 3.41. The summed E-state index contributed by atoms with van der Waals surface area (Å²) >= 11 is 0. The van der Waals surface area contributed by atoms with Gasteiger partial charge in [-0.05, 0) is 56.4 Å². The molecule has 2 aliphatic rings. The molecule has 0 saturated heterocycles. The van der Waals surface area contributed by atoms with Crippen LogP contribution in [0.4, 0.5) is 0 Å². The van der Waals surface area contributed by atoms with Gasteiger partial charge in [-0.2, -0.15) is 0 Å². The number of hydrogen-bond donors (Lipinski definition) is 0. The van der Waals surface area contributed by atoms with Crippen LogP contribution in [0.2, 0.25) is 0 Å². The second-order valence-electron chi connectivity index (χ2n) is 6.93. The van der Waals surface area contributed by atoms with Gasteiger partial charge in [0.25, 0.3) is 0 Å². The summed E-state index contributed by atoms with van der Waals surface area (Å²) in [5, 5.41) is 0. The second kappa shape index (κ2) is 6.31. The Morgan fingerprint density at radius 2 is 1.62 bits per heavy atom. The van der Waals surface area contributed by atoms with Crippen LogP contribution in [0.5, 0.6) is 0 Å². The van der Waals surface area contributed by atoms with E-state index >= 15 is 0 Å². The zero-order valence-electron chi connectivity index (χ0n) is 13.3. The largest absolute Gasteiger partial charge is 0.293 e. The number of rotatable bonds is 8. The van der Waals surface area contributed by atoms with Crippen molar-refractivity contribution in [1.29, 1.82) is 0 Å². The molecule has 2 nitrogen and oxygen atoms in total. The van der Waals surface area contributed by atoms with Gasteiger partial charge in [0, 0.05) is 18.7 Å². The molecule has 0 aromatic heterocycles. The molecule has 0 spiro atoms. The third-order valence-electron chi connectivity index (χ3n) is 4.95. The minimum Gasteiger partial charge on any atom is -0.293 e. The topological polar surface area (TPSA) is 20.3 Å². The Morgan fingerprint density at radius 1 is 1.10 bits per heavy atom. The van der Waals surface area contributed by atoms with E-state index in [1.807, 2.05) is 12.1 Å². The molecular formula is C19H27NO. The van der Waals surface area contributed by atoms with Gasteiger partial charge in [0.2, 0.25) is 0 Å². The highest BCUT2D eigenvalue weighted by Gasteiger charge is 2.33. The minimum absolute atomic E-state index is 0.0266. The van der Waals surface area contributed by atoms with Crippen LogP contribution in [0.3, 0.4) is 0 Å². The molecule has 0 N–H and O–H groups in total. The van der Waals surface area contributed by atoms with Gasteiger partial charge in [0.1, 0.15) is 0 Å². The van der Waals surface area contributed by atoms with Crippen LogP contribution in [0.25, 0.3) is 0 Å². The lowest BCUT2D eigenvalue weighted by Gasteiger charge is -2.28. The predicted octanol–water partition coefficient (Wildman–Crippen LogP) is 3.94. The molecule has 0 aliphatic heterocycles. The minimum atomic E-state index is 0.0266. The molecule has 0 heterocycles. The van der Waals surface area contributed by atoms with E-state index in [0.29, 0.717) is 5.78 Å². The number of carbonyl (C=O) groups is 1. The quantitative estimate of drug-likeness (QED) is 0.674.